The van der Waals surface area contributed by atoms with Crippen LogP contribution in [0.2, 0.25) is 0 Å². The number of methoxy groups -OCH3 is 1. The lowest BCUT2D eigenvalue weighted by Crippen LogP contribution is -2.23. The molecular formula is C19H17N3O6S2. The molecule has 0 spiro atoms. The number of carbonyl (C=O) groups is 1. The summed E-state index contributed by atoms with van der Waals surface area (Å²) in [6.45, 7) is 0.444. The number of benzene rings is 2. The number of nitrogens with zero attached hydrogens (tertiary/aromatic N) is 1. The van der Waals surface area contributed by atoms with Gasteiger partial charge in [0.25, 0.3) is 15.9 Å². The largest absolute Gasteiger partial charge is 0.497 e. The molecule has 0 bridgehead atoms. The number of hydrogen-bond donors (Lipinski definition) is 2. The molecule has 1 amide bonds. The lowest BCUT2D eigenvalue weighted by atomic mass is 10.2. The highest BCUT2D eigenvalue weighted by Crippen LogP contribution is 2.32. The Bertz CT molecular complexity index is 1180. The number of fused-ring (bicyclic) bond motifs is 1. The van der Waals surface area contributed by atoms with Crippen LogP contribution in [-0.2, 0) is 16.6 Å². The number of anilines is 1. The number of thiazole rings is 1. The van der Waals surface area contributed by atoms with Crippen LogP contribution in [-0.4, -0.2) is 33.2 Å². The first-order valence-electron chi connectivity index (χ1n) is 8.74. The second kappa shape index (κ2) is 8.20. The van der Waals surface area contributed by atoms with Crippen molar-refractivity contribution in [2.75, 3.05) is 18.6 Å². The fourth-order valence-corrected chi connectivity index (χ4v) is 4.62. The van der Waals surface area contributed by atoms with Crippen molar-refractivity contribution in [1.82, 2.24) is 10.3 Å². The Hall–Kier alpha value is -3.31. The molecule has 1 aliphatic rings. The summed E-state index contributed by atoms with van der Waals surface area (Å²) in [7, 11) is -2.33. The van der Waals surface area contributed by atoms with Crippen LogP contribution in [0, 0.1) is 0 Å². The van der Waals surface area contributed by atoms with E-state index in [-0.39, 0.29) is 29.1 Å². The zero-order valence-corrected chi connectivity index (χ0v) is 17.4. The van der Waals surface area contributed by atoms with Crippen molar-refractivity contribution in [2.24, 2.45) is 0 Å². The predicted octanol–water partition coefficient (Wildman–Crippen LogP) is 2.61. The SMILES string of the molecule is COc1ccc(S(=O)(=O)Nc2nc(C(=O)NCc3ccc4c(c3)OCO4)cs2)cc1. The van der Waals surface area contributed by atoms with Crippen LogP contribution in [0.5, 0.6) is 17.2 Å². The van der Waals surface area contributed by atoms with Crippen molar-refractivity contribution < 1.29 is 27.4 Å². The molecule has 0 fully saturated rings. The minimum atomic E-state index is -3.83. The number of carbonyl (C=O) groups excluding carboxylic acids is 1. The summed E-state index contributed by atoms with van der Waals surface area (Å²) in [6.07, 6.45) is 0. The molecule has 0 atom stereocenters. The third kappa shape index (κ3) is 4.31. The van der Waals surface area contributed by atoms with Gasteiger partial charge < -0.3 is 19.5 Å². The maximum Gasteiger partial charge on any atom is 0.271 e. The van der Waals surface area contributed by atoms with Gasteiger partial charge in [0, 0.05) is 11.9 Å². The monoisotopic (exact) mass is 447 g/mol. The Balaban J connectivity index is 1.38. The smallest absolute Gasteiger partial charge is 0.271 e. The maximum absolute atomic E-state index is 12.5. The van der Waals surface area contributed by atoms with E-state index in [1.165, 1.54) is 24.6 Å². The van der Waals surface area contributed by atoms with Crippen LogP contribution in [0.4, 0.5) is 5.13 Å². The molecular weight excluding hydrogens is 430 g/mol. The molecule has 3 aromatic rings. The third-order valence-electron chi connectivity index (χ3n) is 4.22. The van der Waals surface area contributed by atoms with Gasteiger partial charge in [-0.25, -0.2) is 13.4 Å². The van der Waals surface area contributed by atoms with Crippen molar-refractivity contribution in [3.05, 3.63) is 59.1 Å². The lowest BCUT2D eigenvalue weighted by Gasteiger charge is -2.06. The minimum absolute atomic E-state index is 0.0623. The van der Waals surface area contributed by atoms with Crippen LogP contribution >= 0.6 is 11.3 Å². The van der Waals surface area contributed by atoms with Gasteiger partial charge in [0.1, 0.15) is 11.4 Å². The molecule has 9 nitrogen and oxygen atoms in total. The first-order valence-corrected chi connectivity index (χ1v) is 11.1. The average Bonchev–Trinajstić information content (AvgIpc) is 3.40. The van der Waals surface area contributed by atoms with E-state index in [2.05, 4.69) is 15.0 Å². The van der Waals surface area contributed by atoms with Gasteiger partial charge in [-0.2, -0.15) is 0 Å². The van der Waals surface area contributed by atoms with Gasteiger partial charge in [-0.3, -0.25) is 9.52 Å². The van der Waals surface area contributed by atoms with Crippen LogP contribution in [0.3, 0.4) is 0 Å². The molecule has 0 unspecified atom stereocenters. The summed E-state index contributed by atoms with van der Waals surface area (Å²) in [4.78, 5) is 16.5. The summed E-state index contributed by atoms with van der Waals surface area (Å²) >= 11 is 1.02. The van der Waals surface area contributed by atoms with Gasteiger partial charge in [-0.1, -0.05) is 6.07 Å². The van der Waals surface area contributed by atoms with Gasteiger partial charge in [-0.15, -0.1) is 11.3 Å². The Kier molecular flexibility index (Phi) is 5.46. The molecule has 4 rings (SSSR count). The maximum atomic E-state index is 12.5. The van der Waals surface area contributed by atoms with Crippen LogP contribution in [0.1, 0.15) is 16.1 Å². The molecule has 0 aliphatic carbocycles. The van der Waals surface area contributed by atoms with E-state index < -0.39 is 15.9 Å². The van der Waals surface area contributed by atoms with E-state index in [4.69, 9.17) is 14.2 Å². The molecule has 2 N–H and O–H groups in total. The highest BCUT2D eigenvalue weighted by molar-refractivity contribution is 7.93. The van der Waals surface area contributed by atoms with E-state index in [9.17, 15) is 13.2 Å². The summed E-state index contributed by atoms with van der Waals surface area (Å²) in [5, 5.41) is 4.33. The van der Waals surface area contributed by atoms with Gasteiger partial charge >= 0.3 is 0 Å². The van der Waals surface area contributed by atoms with E-state index in [1.54, 1.807) is 24.3 Å². The minimum Gasteiger partial charge on any atom is -0.497 e. The van der Waals surface area contributed by atoms with Gasteiger partial charge in [-0.05, 0) is 42.0 Å². The van der Waals surface area contributed by atoms with Crippen molar-refractivity contribution >= 4 is 32.4 Å². The highest BCUT2D eigenvalue weighted by Gasteiger charge is 2.18. The molecule has 0 saturated heterocycles. The van der Waals surface area contributed by atoms with Gasteiger partial charge in [0.2, 0.25) is 6.79 Å². The first-order chi connectivity index (χ1) is 14.4. The molecule has 1 aliphatic heterocycles. The summed E-state index contributed by atoms with van der Waals surface area (Å²) in [5.74, 6) is 1.42. The molecule has 0 radical (unpaired) electrons. The molecule has 2 heterocycles. The zero-order chi connectivity index (χ0) is 21.1. The van der Waals surface area contributed by atoms with E-state index in [0.29, 0.717) is 17.2 Å². The Morgan fingerprint density at radius 3 is 2.70 bits per heavy atom. The predicted molar refractivity (Wildman–Crippen MR) is 110 cm³/mol. The fourth-order valence-electron chi connectivity index (χ4n) is 2.68. The normalized spacial score (nSPS) is 12.4. The molecule has 30 heavy (non-hydrogen) atoms. The first kappa shape index (κ1) is 20.0. The zero-order valence-electron chi connectivity index (χ0n) is 15.7. The number of sulfonamides is 1. The Morgan fingerprint density at radius 2 is 1.93 bits per heavy atom. The van der Waals surface area contributed by atoms with E-state index in [0.717, 1.165) is 16.9 Å². The van der Waals surface area contributed by atoms with E-state index in [1.807, 2.05) is 6.07 Å². The number of aromatic nitrogens is 1. The Morgan fingerprint density at radius 1 is 1.17 bits per heavy atom. The third-order valence-corrected chi connectivity index (χ3v) is 6.46. The average molecular weight is 447 g/mol. The van der Waals surface area contributed by atoms with Gasteiger partial charge in [0.15, 0.2) is 16.6 Å². The van der Waals surface area contributed by atoms with Crippen LogP contribution in [0.25, 0.3) is 0 Å². The van der Waals surface area contributed by atoms with E-state index >= 15 is 0 Å². The molecule has 2 aromatic carbocycles. The van der Waals surface area contributed by atoms with Crippen molar-refractivity contribution in [3.63, 3.8) is 0 Å². The van der Waals surface area contributed by atoms with Crippen molar-refractivity contribution in [1.29, 1.82) is 0 Å². The highest BCUT2D eigenvalue weighted by atomic mass is 32.2. The lowest BCUT2D eigenvalue weighted by molar-refractivity contribution is 0.0946. The second-order valence-electron chi connectivity index (χ2n) is 6.19. The molecule has 1 aromatic heterocycles. The topological polar surface area (TPSA) is 116 Å². The number of nitrogens with one attached hydrogen (secondary N) is 2. The fraction of sp³-hybridized carbons (Fsp3) is 0.158. The van der Waals surface area contributed by atoms with Gasteiger partial charge in [0.05, 0.1) is 12.0 Å². The number of rotatable bonds is 7. The number of amides is 1. The number of ether oxygens (including phenoxy) is 3. The standard InChI is InChI=1S/C19H17N3O6S2/c1-26-13-3-5-14(6-4-13)30(24,25)22-19-21-15(10-29-19)18(23)20-9-12-2-7-16-17(8-12)28-11-27-16/h2-8,10H,9,11H2,1H3,(H,20,23)(H,21,22). The Labute approximate surface area is 176 Å². The van der Waals surface area contributed by atoms with Crippen molar-refractivity contribution in [3.8, 4) is 17.2 Å². The van der Waals surface area contributed by atoms with Crippen molar-refractivity contribution in [2.45, 2.75) is 11.4 Å². The van der Waals surface area contributed by atoms with Crippen LogP contribution in [0.15, 0.2) is 52.7 Å². The summed E-state index contributed by atoms with van der Waals surface area (Å²) in [6, 6.07) is 11.3. The molecule has 11 heteroatoms. The summed E-state index contributed by atoms with van der Waals surface area (Å²) < 4.78 is 42.9. The molecule has 0 saturated carbocycles. The summed E-state index contributed by atoms with van der Waals surface area (Å²) in [5.41, 5.74) is 0.955. The van der Waals surface area contributed by atoms with Crippen LogP contribution < -0.4 is 24.2 Å². The molecule has 156 valence electrons. The quantitative estimate of drug-likeness (QED) is 0.572. The number of hydrogen-bond acceptors (Lipinski definition) is 8. The second-order valence-corrected chi connectivity index (χ2v) is 8.73.